The molecule has 0 bridgehead atoms. The molecule has 0 aromatic heterocycles. The molecule has 1 saturated heterocycles. The summed E-state index contributed by atoms with van der Waals surface area (Å²) < 4.78 is 5.71. The number of benzene rings is 1. The van der Waals surface area contributed by atoms with Crippen LogP contribution >= 0.6 is 0 Å². The largest absolute Gasteiger partial charge is 0.372 e. The van der Waals surface area contributed by atoms with Gasteiger partial charge in [-0.2, -0.15) is 0 Å². The lowest BCUT2D eigenvalue weighted by molar-refractivity contribution is -0.141. The van der Waals surface area contributed by atoms with Crippen molar-refractivity contribution in [1.82, 2.24) is 9.80 Å². The summed E-state index contributed by atoms with van der Waals surface area (Å²) in [6.45, 7) is 6.46. The lowest BCUT2D eigenvalue weighted by Crippen LogP contribution is -2.57. The van der Waals surface area contributed by atoms with Crippen LogP contribution in [0.4, 0.5) is 10.5 Å². The number of morpholine rings is 1. The molecule has 3 amide bonds. The van der Waals surface area contributed by atoms with E-state index < -0.39 is 0 Å². The molecule has 1 aromatic carbocycles. The minimum absolute atomic E-state index is 0.00729. The first-order valence-electron chi connectivity index (χ1n) is 9.20. The molecule has 0 spiro atoms. The highest BCUT2D eigenvalue weighted by atomic mass is 16.5. The first-order chi connectivity index (χ1) is 12.5. The van der Waals surface area contributed by atoms with E-state index >= 15 is 0 Å². The molecular formula is C19H24N4O3. The number of hydrogen-bond acceptors (Lipinski definition) is 4. The van der Waals surface area contributed by atoms with E-state index in [1.165, 1.54) is 0 Å². The van der Waals surface area contributed by atoms with E-state index in [0.717, 1.165) is 30.1 Å². The molecule has 3 heterocycles. The van der Waals surface area contributed by atoms with Gasteiger partial charge in [0.05, 0.1) is 17.9 Å². The number of urea groups is 1. The molecule has 138 valence electrons. The second kappa shape index (κ2) is 6.72. The van der Waals surface area contributed by atoms with Crippen LogP contribution in [0.15, 0.2) is 29.3 Å². The number of hydrogen-bond donors (Lipinski definition) is 0. The van der Waals surface area contributed by atoms with Crippen LogP contribution < -0.4 is 4.90 Å². The van der Waals surface area contributed by atoms with E-state index in [4.69, 9.17) is 4.74 Å². The molecule has 0 radical (unpaired) electrons. The predicted octanol–water partition coefficient (Wildman–Crippen LogP) is 1.71. The number of carbonyl (C=O) groups is 2. The van der Waals surface area contributed by atoms with Crippen LogP contribution in [0.3, 0.4) is 0 Å². The maximum Gasteiger partial charge on any atom is 0.330 e. The Morgan fingerprint density at radius 2 is 1.96 bits per heavy atom. The van der Waals surface area contributed by atoms with Crippen LogP contribution in [0.2, 0.25) is 0 Å². The van der Waals surface area contributed by atoms with Gasteiger partial charge in [-0.05, 0) is 32.4 Å². The molecule has 4 rings (SSSR count). The summed E-state index contributed by atoms with van der Waals surface area (Å²) >= 11 is 0. The molecule has 0 aliphatic carbocycles. The number of ether oxygens (including phenoxy) is 1. The number of fused-ring (bicyclic) bond motifs is 3. The standard InChI is InChI=1S/C19H24N4O3/c1-13-10-21(11-14(2)26-13)17(24)12-23-16-7-4-3-6-15(16)18-20-8-5-9-22(18)19(23)25/h3-4,6-7,13-14H,5,8-12H2,1-2H3/t13-,14-/m1/s1. The fourth-order valence-corrected chi connectivity index (χ4v) is 3.94. The number of rotatable bonds is 2. The quantitative estimate of drug-likeness (QED) is 0.810. The Bertz CT molecular complexity index is 753. The van der Waals surface area contributed by atoms with E-state index in [1.54, 1.807) is 14.7 Å². The molecule has 1 fully saturated rings. The van der Waals surface area contributed by atoms with E-state index in [-0.39, 0.29) is 30.7 Å². The molecule has 26 heavy (non-hydrogen) atoms. The van der Waals surface area contributed by atoms with Gasteiger partial charge < -0.3 is 9.64 Å². The third-order valence-corrected chi connectivity index (χ3v) is 5.02. The minimum atomic E-state index is -0.162. The van der Waals surface area contributed by atoms with Gasteiger partial charge in [-0.15, -0.1) is 0 Å². The highest BCUT2D eigenvalue weighted by Gasteiger charge is 2.38. The lowest BCUT2D eigenvalue weighted by atomic mass is 10.1. The number of amides is 3. The smallest absolute Gasteiger partial charge is 0.330 e. The molecule has 7 heteroatoms. The monoisotopic (exact) mass is 356 g/mol. The number of amidine groups is 1. The van der Waals surface area contributed by atoms with Crippen molar-refractivity contribution < 1.29 is 14.3 Å². The van der Waals surface area contributed by atoms with Gasteiger partial charge in [-0.3, -0.25) is 19.6 Å². The summed E-state index contributed by atoms with van der Waals surface area (Å²) in [4.78, 5) is 35.6. The zero-order valence-corrected chi connectivity index (χ0v) is 15.2. The zero-order valence-electron chi connectivity index (χ0n) is 15.2. The SMILES string of the molecule is C[C@@H]1CN(C(=O)CN2C(=O)N3CCCN=C3c3ccccc32)C[C@@H](C)O1. The summed E-state index contributed by atoms with van der Waals surface area (Å²) in [6.07, 6.45) is 0.860. The Hall–Kier alpha value is -2.41. The Morgan fingerprint density at radius 1 is 1.23 bits per heavy atom. The predicted molar refractivity (Wildman–Crippen MR) is 98.5 cm³/mol. The number of nitrogens with zero attached hydrogens (tertiary/aromatic N) is 4. The van der Waals surface area contributed by atoms with Gasteiger partial charge in [-0.25, -0.2) is 4.79 Å². The summed E-state index contributed by atoms with van der Waals surface area (Å²) in [6, 6.07) is 7.52. The molecule has 2 atom stereocenters. The van der Waals surface area contributed by atoms with Crippen molar-refractivity contribution in [2.45, 2.75) is 32.5 Å². The normalized spacial score (nSPS) is 25.5. The second-order valence-corrected chi connectivity index (χ2v) is 7.15. The summed E-state index contributed by atoms with van der Waals surface area (Å²) in [5, 5.41) is 0. The Balaban J connectivity index is 1.61. The minimum Gasteiger partial charge on any atom is -0.372 e. The molecule has 0 saturated carbocycles. The van der Waals surface area contributed by atoms with Crippen molar-refractivity contribution in [2.75, 3.05) is 37.6 Å². The fourth-order valence-electron chi connectivity index (χ4n) is 3.94. The van der Waals surface area contributed by atoms with Crippen molar-refractivity contribution in [2.24, 2.45) is 4.99 Å². The Kier molecular flexibility index (Phi) is 4.40. The van der Waals surface area contributed by atoms with Crippen LogP contribution in [0.5, 0.6) is 0 Å². The summed E-state index contributed by atoms with van der Waals surface area (Å²) in [5.41, 5.74) is 1.68. The number of anilines is 1. The first-order valence-corrected chi connectivity index (χ1v) is 9.20. The van der Waals surface area contributed by atoms with Crippen molar-refractivity contribution in [1.29, 1.82) is 0 Å². The van der Waals surface area contributed by atoms with Gasteiger partial charge in [0.2, 0.25) is 5.91 Å². The van der Waals surface area contributed by atoms with E-state index in [2.05, 4.69) is 4.99 Å². The molecule has 0 N–H and O–H groups in total. The van der Waals surface area contributed by atoms with Gasteiger partial charge in [-0.1, -0.05) is 12.1 Å². The van der Waals surface area contributed by atoms with Crippen molar-refractivity contribution in [3.05, 3.63) is 29.8 Å². The van der Waals surface area contributed by atoms with E-state index in [9.17, 15) is 9.59 Å². The highest BCUT2D eigenvalue weighted by Crippen LogP contribution is 2.30. The van der Waals surface area contributed by atoms with Gasteiger partial charge in [0.15, 0.2) is 0 Å². The van der Waals surface area contributed by atoms with Gasteiger partial charge in [0.1, 0.15) is 12.4 Å². The number of aliphatic imine (C=N–C) groups is 1. The average Bonchev–Trinajstić information content (AvgIpc) is 2.64. The maximum atomic E-state index is 13.0. The van der Waals surface area contributed by atoms with Crippen molar-refractivity contribution in [3.8, 4) is 0 Å². The Morgan fingerprint density at radius 3 is 2.73 bits per heavy atom. The highest BCUT2D eigenvalue weighted by molar-refractivity contribution is 6.20. The maximum absolute atomic E-state index is 13.0. The van der Waals surface area contributed by atoms with Crippen LogP contribution in [-0.2, 0) is 9.53 Å². The summed E-state index contributed by atoms with van der Waals surface area (Å²) in [5.74, 6) is 0.682. The lowest BCUT2D eigenvalue weighted by Gasteiger charge is -2.40. The molecular weight excluding hydrogens is 332 g/mol. The molecule has 0 unspecified atom stereocenters. The van der Waals surface area contributed by atoms with Gasteiger partial charge in [0.25, 0.3) is 0 Å². The fraction of sp³-hybridized carbons (Fsp3) is 0.526. The van der Waals surface area contributed by atoms with Crippen LogP contribution in [0.25, 0.3) is 0 Å². The van der Waals surface area contributed by atoms with Gasteiger partial charge in [0, 0.05) is 31.7 Å². The van der Waals surface area contributed by atoms with Crippen LogP contribution in [-0.4, -0.2) is 72.5 Å². The average molecular weight is 356 g/mol. The van der Waals surface area contributed by atoms with E-state index in [1.807, 2.05) is 38.1 Å². The molecule has 3 aliphatic heterocycles. The Labute approximate surface area is 153 Å². The van der Waals surface area contributed by atoms with Crippen molar-refractivity contribution >= 4 is 23.5 Å². The first kappa shape index (κ1) is 17.0. The van der Waals surface area contributed by atoms with Crippen LogP contribution in [0, 0.1) is 0 Å². The topological polar surface area (TPSA) is 65.5 Å². The zero-order chi connectivity index (χ0) is 18.3. The van der Waals surface area contributed by atoms with E-state index in [0.29, 0.717) is 19.6 Å². The van der Waals surface area contributed by atoms with Crippen molar-refractivity contribution in [3.63, 3.8) is 0 Å². The summed E-state index contributed by atoms with van der Waals surface area (Å²) in [7, 11) is 0. The number of carbonyl (C=O) groups excluding carboxylic acids is 2. The third-order valence-electron chi connectivity index (χ3n) is 5.02. The number of para-hydroxylation sites is 1. The second-order valence-electron chi connectivity index (χ2n) is 7.15. The molecule has 3 aliphatic rings. The molecule has 1 aromatic rings. The van der Waals surface area contributed by atoms with Crippen LogP contribution in [0.1, 0.15) is 25.8 Å². The van der Waals surface area contributed by atoms with Gasteiger partial charge >= 0.3 is 6.03 Å². The molecule has 7 nitrogen and oxygen atoms in total. The third kappa shape index (κ3) is 2.96.